The van der Waals surface area contributed by atoms with Crippen LogP contribution in [0.4, 0.5) is 17.8 Å². The lowest BCUT2D eigenvalue weighted by Gasteiger charge is -2.18. The lowest BCUT2D eigenvalue weighted by Crippen LogP contribution is -2.21. The van der Waals surface area contributed by atoms with Crippen LogP contribution in [0.25, 0.3) is 0 Å². The second kappa shape index (κ2) is 6.82. The van der Waals surface area contributed by atoms with Crippen molar-refractivity contribution in [1.29, 1.82) is 0 Å². The number of aliphatic hydroxyl groups is 1. The van der Waals surface area contributed by atoms with Crippen LogP contribution >= 0.6 is 0 Å². The standard InChI is InChI=1S/C13H19N7O/c1-20(2)13-17-11(16-12(18-13)19-14)15-10(8-21)9-6-4-3-5-7-9/h3-7,10,21H,8,14H2,1-2H3,(H2,15,16,17,18,19). The fraction of sp³-hybridized carbons (Fsp3) is 0.308. The summed E-state index contributed by atoms with van der Waals surface area (Å²) in [4.78, 5) is 14.3. The summed E-state index contributed by atoms with van der Waals surface area (Å²) in [7, 11) is 3.64. The number of aliphatic hydroxyl groups excluding tert-OH is 1. The highest BCUT2D eigenvalue weighted by Gasteiger charge is 2.14. The van der Waals surface area contributed by atoms with Gasteiger partial charge in [-0.3, -0.25) is 5.43 Å². The maximum atomic E-state index is 9.56. The van der Waals surface area contributed by atoms with Gasteiger partial charge in [0.05, 0.1) is 12.6 Å². The van der Waals surface area contributed by atoms with Gasteiger partial charge in [-0.1, -0.05) is 30.3 Å². The Hall–Kier alpha value is -2.45. The number of hydrogen-bond donors (Lipinski definition) is 4. The summed E-state index contributed by atoms with van der Waals surface area (Å²) in [6.07, 6.45) is 0. The summed E-state index contributed by atoms with van der Waals surface area (Å²) >= 11 is 0. The Morgan fingerprint density at radius 1 is 1.14 bits per heavy atom. The number of nitrogens with two attached hydrogens (primary N) is 1. The largest absolute Gasteiger partial charge is 0.394 e. The van der Waals surface area contributed by atoms with Gasteiger partial charge in [0.25, 0.3) is 0 Å². The zero-order valence-electron chi connectivity index (χ0n) is 12.0. The molecule has 0 amide bonds. The van der Waals surface area contributed by atoms with Gasteiger partial charge in [0.1, 0.15) is 0 Å². The maximum absolute atomic E-state index is 9.56. The van der Waals surface area contributed by atoms with Gasteiger partial charge in [-0.05, 0) is 5.56 Å². The van der Waals surface area contributed by atoms with E-state index in [9.17, 15) is 5.11 Å². The van der Waals surface area contributed by atoms with Crippen LogP contribution in [0.3, 0.4) is 0 Å². The summed E-state index contributed by atoms with van der Waals surface area (Å²) in [5.41, 5.74) is 3.34. The Morgan fingerprint density at radius 3 is 2.38 bits per heavy atom. The predicted molar refractivity (Wildman–Crippen MR) is 81.9 cm³/mol. The number of nitrogens with zero attached hydrogens (tertiary/aromatic N) is 4. The van der Waals surface area contributed by atoms with E-state index < -0.39 is 0 Å². The zero-order valence-corrected chi connectivity index (χ0v) is 12.0. The van der Waals surface area contributed by atoms with Crippen molar-refractivity contribution in [3.63, 3.8) is 0 Å². The van der Waals surface area contributed by atoms with Crippen LogP contribution in [0.15, 0.2) is 30.3 Å². The number of nitrogens with one attached hydrogen (secondary N) is 2. The molecule has 0 fully saturated rings. The molecular weight excluding hydrogens is 270 g/mol. The van der Waals surface area contributed by atoms with Gasteiger partial charge in [0.2, 0.25) is 17.8 Å². The second-order valence-corrected chi connectivity index (χ2v) is 4.61. The monoisotopic (exact) mass is 289 g/mol. The average Bonchev–Trinajstić information content (AvgIpc) is 2.53. The SMILES string of the molecule is CN(C)c1nc(NN)nc(NC(CO)c2ccccc2)n1. The first-order chi connectivity index (χ1) is 10.1. The van der Waals surface area contributed by atoms with Crippen molar-refractivity contribution < 1.29 is 5.11 Å². The third-order valence-corrected chi connectivity index (χ3v) is 2.84. The van der Waals surface area contributed by atoms with Crippen molar-refractivity contribution >= 4 is 17.8 Å². The van der Waals surface area contributed by atoms with E-state index >= 15 is 0 Å². The molecule has 0 aliphatic heterocycles. The second-order valence-electron chi connectivity index (χ2n) is 4.61. The van der Waals surface area contributed by atoms with Crippen LogP contribution < -0.4 is 21.5 Å². The number of aromatic nitrogens is 3. The van der Waals surface area contributed by atoms with Crippen molar-refractivity contribution in [3.05, 3.63) is 35.9 Å². The Balaban J connectivity index is 2.27. The summed E-state index contributed by atoms with van der Waals surface area (Å²) in [5, 5.41) is 12.6. The maximum Gasteiger partial charge on any atom is 0.243 e. The average molecular weight is 289 g/mol. The van der Waals surface area contributed by atoms with Crippen LogP contribution in [-0.4, -0.2) is 40.8 Å². The molecule has 2 aromatic rings. The number of rotatable bonds is 6. The number of benzene rings is 1. The van der Waals surface area contributed by atoms with Gasteiger partial charge in [0, 0.05) is 14.1 Å². The topological polar surface area (TPSA) is 112 Å². The molecule has 0 saturated carbocycles. The minimum Gasteiger partial charge on any atom is -0.394 e. The van der Waals surface area contributed by atoms with Gasteiger partial charge in [-0.15, -0.1) is 0 Å². The van der Waals surface area contributed by atoms with E-state index in [1.165, 1.54) is 0 Å². The van der Waals surface area contributed by atoms with E-state index in [4.69, 9.17) is 5.84 Å². The highest BCUT2D eigenvalue weighted by Crippen LogP contribution is 2.18. The third kappa shape index (κ3) is 3.77. The Labute approximate surface area is 123 Å². The molecule has 112 valence electrons. The highest BCUT2D eigenvalue weighted by atomic mass is 16.3. The first-order valence-electron chi connectivity index (χ1n) is 6.46. The molecule has 0 saturated heterocycles. The molecule has 0 bridgehead atoms. The molecule has 21 heavy (non-hydrogen) atoms. The minimum absolute atomic E-state index is 0.0849. The fourth-order valence-electron chi connectivity index (χ4n) is 1.77. The van der Waals surface area contributed by atoms with E-state index in [0.29, 0.717) is 11.9 Å². The Bertz CT molecular complexity index is 576. The first-order valence-corrected chi connectivity index (χ1v) is 6.46. The zero-order chi connectivity index (χ0) is 15.2. The lowest BCUT2D eigenvalue weighted by molar-refractivity contribution is 0.276. The molecule has 1 unspecified atom stereocenters. The molecule has 0 radical (unpaired) electrons. The van der Waals surface area contributed by atoms with E-state index in [0.717, 1.165) is 5.56 Å². The Kier molecular flexibility index (Phi) is 4.85. The van der Waals surface area contributed by atoms with Gasteiger partial charge in [-0.2, -0.15) is 15.0 Å². The number of nitrogen functional groups attached to an aromatic ring is 1. The normalized spacial score (nSPS) is 11.8. The van der Waals surface area contributed by atoms with Crippen LogP contribution in [0, 0.1) is 0 Å². The van der Waals surface area contributed by atoms with Crippen molar-refractivity contribution in [2.45, 2.75) is 6.04 Å². The van der Waals surface area contributed by atoms with Crippen molar-refractivity contribution in [2.75, 3.05) is 36.3 Å². The molecule has 1 aromatic carbocycles. The van der Waals surface area contributed by atoms with E-state index in [2.05, 4.69) is 25.7 Å². The van der Waals surface area contributed by atoms with Crippen molar-refractivity contribution in [1.82, 2.24) is 15.0 Å². The van der Waals surface area contributed by atoms with Crippen LogP contribution in [-0.2, 0) is 0 Å². The summed E-state index contributed by atoms with van der Waals surface area (Å²) < 4.78 is 0. The molecule has 0 aliphatic carbocycles. The lowest BCUT2D eigenvalue weighted by atomic mass is 10.1. The van der Waals surface area contributed by atoms with E-state index in [1.54, 1.807) is 4.90 Å². The van der Waals surface area contributed by atoms with E-state index in [1.807, 2.05) is 44.4 Å². The number of anilines is 3. The number of hydrogen-bond acceptors (Lipinski definition) is 8. The number of hydrazine groups is 1. The molecular formula is C13H19N7O. The fourth-order valence-corrected chi connectivity index (χ4v) is 1.77. The molecule has 8 heteroatoms. The first kappa shape index (κ1) is 14.9. The van der Waals surface area contributed by atoms with Gasteiger partial charge >= 0.3 is 0 Å². The van der Waals surface area contributed by atoms with Crippen LogP contribution in [0.5, 0.6) is 0 Å². The molecule has 8 nitrogen and oxygen atoms in total. The van der Waals surface area contributed by atoms with Crippen molar-refractivity contribution in [3.8, 4) is 0 Å². The van der Waals surface area contributed by atoms with Crippen LogP contribution in [0.1, 0.15) is 11.6 Å². The van der Waals surface area contributed by atoms with Crippen LogP contribution in [0.2, 0.25) is 0 Å². The quantitative estimate of drug-likeness (QED) is 0.446. The van der Waals surface area contributed by atoms with Crippen molar-refractivity contribution in [2.24, 2.45) is 5.84 Å². The van der Waals surface area contributed by atoms with E-state index in [-0.39, 0.29) is 18.6 Å². The Morgan fingerprint density at radius 2 is 1.81 bits per heavy atom. The molecule has 1 aromatic heterocycles. The summed E-state index contributed by atoms with van der Waals surface area (Å²) in [6.45, 7) is -0.0849. The van der Waals surface area contributed by atoms with Gasteiger partial charge in [0.15, 0.2) is 0 Å². The molecule has 5 N–H and O–H groups in total. The molecule has 2 rings (SSSR count). The minimum atomic E-state index is -0.311. The van der Waals surface area contributed by atoms with Gasteiger partial charge < -0.3 is 15.3 Å². The summed E-state index contributed by atoms with van der Waals surface area (Å²) in [5.74, 6) is 6.42. The third-order valence-electron chi connectivity index (χ3n) is 2.84. The molecule has 1 heterocycles. The molecule has 0 spiro atoms. The smallest absolute Gasteiger partial charge is 0.243 e. The predicted octanol–water partition coefficient (Wildman–Crippen LogP) is 0.369. The van der Waals surface area contributed by atoms with Gasteiger partial charge in [-0.25, -0.2) is 5.84 Å². The molecule has 0 aliphatic rings. The molecule has 1 atom stereocenters. The highest BCUT2D eigenvalue weighted by molar-refractivity contribution is 5.43. The summed E-state index contributed by atoms with van der Waals surface area (Å²) in [6, 6.07) is 9.26.